The van der Waals surface area contributed by atoms with E-state index in [0.29, 0.717) is 24.1 Å². The van der Waals surface area contributed by atoms with Gasteiger partial charge in [0.1, 0.15) is 0 Å². The van der Waals surface area contributed by atoms with Gasteiger partial charge in [0, 0.05) is 35.3 Å². The van der Waals surface area contributed by atoms with E-state index in [2.05, 4.69) is 10.1 Å². The third-order valence-electron chi connectivity index (χ3n) is 4.49. The monoisotopic (exact) mass is 373 g/mol. The molecule has 1 unspecified atom stereocenters. The quantitative estimate of drug-likeness (QED) is 0.681. The lowest BCUT2D eigenvalue weighted by Crippen LogP contribution is -2.41. The van der Waals surface area contributed by atoms with Crippen LogP contribution in [0.1, 0.15) is 23.6 Å². The zero-order valence-electron chi connectivity index (χ0n) is 13.8. The molecule has 7 heteroatoms. The number of thiophene rings is 2. The second kappa shape index (κ2) is 7.49. The van der Waals surface area contributed by atoms with Gasteiger partial charge in [-0.3, -0.25) is 4.79 Å². The van der Waals surface area contributed by atoms with Gasteiger partial charge in [-0.15, -0.1) is 11.3 Å². The number of hydrogen-bond acceptors (Lipinski definition) is 6. The summed E-state index contributed by atoms with van der Waals surface area (Å²) in [5, 5.41) is 10.1. The fourth-order valence-corrected chi connectivity index (χ4v) is 4.56. The average molecular weight is 374 g/mol. The van der Waals surface area contributed by atoms with Crippen molar-refractivity contribution >= 4 is 28.6 Å². The van der Waals surface area contributed by atoms with Gasteiger partial charge in [0.25, 0.3) is 0 Å². The first-order valence-electron chi connectivity index (χ1n) is 8.43. The molecule has 0 aromatic carbocycles. The van der Waals surface area contributed by atoms with Crippen LogP contribution in [-0.2, 0) is 17.6 Å². The molecule has 1 saturated heterocycles. The van der Waals surface area contributed by atoms with Crippen molar-refractivity contribution in [3.05, 3.63) is 45.1 Å². The maximum Gasteiger partial charge on any atom is 0.227 e. The summed E-state index contributed by atoms with van der Waals surface area (Å²) in [5.74, 6) is 1.92. The molecule has 0 radical (unpaired) electrons. The second-order valence-electron chi connectivity index (χ2n) is 6.33. The standard InChI is InChI=1S/C18H19N3O2S2/c22-17(10-15-4-2-7-25-15)21-6-1-3-13(11-21)9-16-19-18(20-23-16)14-5-8-24-12-14/h2,4-5,7-8,12-13H,1,3,6,9-11H2. The minimum Gasteiger partial charge on any atom is -0.342 e. The number of aromatic nitrogens is 2. The Morgan fingerprint density at radius 2 is 2.32 bits per heavy atom. The highest BCUT2D eigenvalue weighted by Crippen LogP contribution is 2.24. The Bertz CT molecular complexity index is 811. The van der Waals surface area contributed by atoms with Crippen molar-refractivity contribution in [2.75, 3.05) is 13.1 Å². The Labute approximate surface area is 154 Å². The molecule has 1 atom stereocenters. The Balaban J connectivity index is 1.36. The van der Waals surface area contributed by atoms with Crippen molar-refractivity contribution < 1.29 is 9.32 Å². The first-order valence-corrected chi connectivity index (χ1v) is 10.3. The van der Waals surface area contributed by atoms with Gasteiger partial charge in [-0.1, -0.05) is 11.2 Å². The van der Waals surface area contributed by atoms with Gasteiger partial charge in [-0.25, -0.2) is 0 Å². The van der Waals surface area contributed by atoms with Crippen LogP contribution in [0.4, 0.5) is 0 Å². The van der Waals surface area contributed by atoms with Crippen molar-refractivity contribution in [3.8, 4) is 11.4 Å². The topological polar surface area (TPSA) is 59.2 Å². The average Bonchev–Trinajstić information content (AvgIpc) is 3.37. The van der Waals surface area contributed by atoms with Crippen molar-refractivity contribution in [3.63, 3.8) is 0 Å². The summed E-state index contributed by atoms with van der Waals surface area (Å²) in [4.78, 5) is 20.1. The molecule has 4 heterocycles. The number of carbonyl (C=O) groups is 1. The summed E-state index contributed by atoms with van der Waals surface area (Å²) >= 11 is 3.26. The molecule has 3 aromatic heterocycles. The minimum atomic E-state index is 0.219. The number of likely N-dealkylation sites (tertiary alicyclic amines) is 1. The zero-order chi connectivity index (χ0) is 17.1. The number of rotatable bonds is 5. The molecular formula is C18H19N3O2S2. The smallest absolute Gasteiger partial charge is 0.227 e. The van der Waals surface area contributed by atoms with Crippen LogP contribution in [0.3, 0.4) is 0 Å². The number of hydrogen-bond donors (Lipinski definition) is 0. The van der Waals surface area contributed by atoms with Gasteiger partial charge in [0.15, 0.2) is 0 Å². The van der Waals surface area contributed by atoms with Crippen LogP contribution in [0.25, 0.3) is 11.4 Å². The summed E-state index contributed by atoms with van der Waals surface area (Å²) in [6, 6.07) is 6.01. The van der Waals surface area contributed by atoms with Crippen molar-refractivity contribution in [2.24, 2.45) is 5.92 Å². The van der Waals surface area contributed by atoms with E-state index in [1.54, 1.807) is 22.7 Å². The predicted molar refractivity (Wildman–Crippen MR) is 98.6 cm³/mol. The molecule has 5 nitrogen and oxygen atoms in total. The molecule has 1 aliphatic rings. The van der Waals surface area contributed by atoms with E-state index in [0.717, 1.165) is 42.8 Å². The normalized spacial score (nSPS) is 17.8. The highest BCUT2D eigenvalue weighted by molar-refractivity contribution is 7.10. The van der Waals surface area contributed by atoms with Crippen molar-refractivity contribution in [1.82, 2.24) is 15.0 Å². The van der Waals surface area contributed by atoms with Crippen LogP contribution in [0.2, 0.25) is 0 Å². The van der Waals surface area contributed by atoms with Crippen LogP contribution in [0.5, 0.6) is 0 Å². The van der Waals surface area contributed by atoms with Gasteiger partial charge in [0.05, 0.1) is 6.42 Å². The fraction of sp³-hybridized carbons (Fsp3) is 0.389. The summed E-state index contributed by atoms with van der Waals surface area (Å²) < 4.78 is 5.41. The van der Waals surface area contributed by atoms with E-state index < -0.39 is 0 Å². The molecule has 0 N–H and O–H groups in total. The van der Waals surface area contributed by atoms with Gasteiger partial charge in [-0.05, 0) is 41.7 Å². The van der Waals surface area contributed by atoms with Gasteiger partial charge in [-0.2, -0.15) is 16.3 Å². The molecule has 3 aromatic rings. The molecule has 4 rings (SSSR count). The van der Waals surface area contributed by atoms with Crippen LogP contribution in [-0.4, -0.2) is 34.0 Å². The first kappa shape index (κ1) is 16.5. The van der Waals surface area contributed by atoms with E-state index >= 15 is 0 Å². The Kier molecular flexibility index (Phi) is 4.94. The molecule has 0 bridgehead atoms. The SMILES string of the molecule is O=C(Cc1cccs1)N1CCCC(Cc2nc(-c3ccsc3)no2)C1. The summed E-state index contributed by atoms with van der Waals surface area (Å²) in [7, 11) is 0. The molecule has 0 aliphatic carbocycles. The third kappa shape index (κ3) is 3.99. The summed E-state index contributed by atoms with van der Waals surface area (Å²) in [6.07, 6.45) is 3.37. The van der Waals surface area contributed by atoms with Crippen LogP contribution >= 0.6 is 22.7 Å². The summed E-state index contributed by atoms with van der Waals surface area (Å²) in [5.41, 5.74) is 0.997. The second-order valence-corrected chi connectivity index (χ2v) is 8.14. The predicted octanol–water partition coefficient (Wildman–Crippen LogP) is 3.88. The molecule has 130 valence electrons. The fourth-order valence-electron chi connectivity index (χ4n) is 3.23. The highest BCUT2D eigenvalue weighted by atomic mass is 32.1. The van der Waals surface area contributed by atoms with Crippen LogP contribution < -0.4 is 0 Å². The maximum absolute atomic E-state index is 12.5. The minimum absolute atomic E-state index is 0.219. The molecule has 1 fully saturated rings. The van der Waals surface area contributed by atoms with E-state index in [9.17, 15) is 4.79 Å². The number of nitrogens with zero attached hydrogens (tertiary/aromatic N) is 3. The lowest BCUT2D eigenvalue weighted by atomic mass is 9.94. The maximum atomic E-state index is 12.5. The molecule has 25 heavy (non-hydrogen) atoms. The lowest BCUT2D eigenvalue weighted by molar-refractivity contribution is -0.132. The first-order chi connectivity index (χ1) is 12.3. The van der Waals surface area contributed by atoms with Gasteiger partial charge in [0.2, 0.25) is 17.6 Å². The van der Waals surface area contributed by atoms with E-state index in [-0.39, 0.29) is 5.91 Å². The van der Waals surface area contributed by atoms with E-state index in [1.165, 1.54) is 0 Å². The molecule has 0 spiro atoms. The highest BCUT2D eigenvalue weighted by Gasteiger charge is 2.25. The lowest BCUT2D eigenvalue weighted by Gasteiger charge is -2.32. The Morgan fingerprint density at radius 1 is 1.36 bits per heavy atom. The number of carbonyl (C=O) groups excluding carboxylic acids is 1. The van der Waals surface area contributed by atoms with Crippen LogP contribution in [0, 0.1) is 5.92 Å². The van der Waals surface area contributed by atoms with E-state index in [4.69, 9.17) is 4.52 Å². The zero-order valence-corrected chi connectivity index (χ0v) is 15.4. The van der Waals surface area contributed by atoms with Crippen molar-refractivity contribution in [2.45, 2.75) is 25.7 Å². The molecule has 1 aliphatic heterocycles. The Morgan fingerprint density at radius 3 is 3.12 bits per heavy atom. The van der Waals surface area contributed by atoms with E-state index in [1.807, 2.05) is 39.2 Å². The molecular weight excluding hydrogens is 354 g/mol. The number of amides is 1. The molecule has 0 saturated carbocycles. The largest absolute Gasteiger partial charge is 0.342 e. The Hall–Kier alpha value is -1.99. The third-order valence-corrected chi connectivity index (χ3v) is 6.05. The van der Waals surface area contributed by atoms with Crippen molar-refractivity contribution in [1.29, 1.82) is 0 Å². The van der Waals surface area contributed by atoms with Gasteiger partial charge < -0.3 is 9.42 Å². The summed E-state index contributed by atoms with van der Waals surface area (Å²) in [6.45, 7) is 1.63. The van der Waals surface area contributed by atoms with Crippen LogP contribution in [0.15, 0.2) is 38.9 Å². The van der Waals surface area contributed by atoms with Gasteiger partial charge >= 0.3 is 0 Å². The molecule has 1 amide bonds. The number of piperidine rings is 1.